The average Bonchev–Trinajstić information content (AvgIpc) is 3.68. The lowest BCUT2D eigenvalue weighted by atomic mass is 10.0. The first-order chi connectivity index (χ1) is 20.0. The number of carbonyl (C=O) groups excluding carboxylic acids is 2. The Hall–Kier alpha value is -3.53. The summed E-state index contributed by atoms with van der Waals surface area (Å²) in [5, 5.41) is 12.7. The molecular formula is C32H43N5O5. The Morgan fingerprint density at radius 2 is 1.60 bits per heavy atom. The number of aromatic nitrogens is 2. The van der Waals surface area contributed by atoms with Gasteiger partial charge in [0.25, 0.3) is 5.91 Å². The highest BCUT2D eigenvalue weighted by Gasteiger charge is 2.42. The van der Waals surface area contributed by atoms with Gasteiger partial charge in [-0.3, -0.25) is 9.59 Å². The van der Waals surface area contributed by atoms with Crippen LogP contribution < -0.4 is 10.1 Å². The third-order valence-electron chi connectivity index (χ3n) is 9.15. The van der Waals surface area contributed by atoms with Crippen molar-refractivity contribution in [2.24, 2.45) is 17.8 Å². The fourth-order valence-electron chi connectivity index (χ4n) is 6.71. The molecular weight excluding hydrogens is 534 g/mol. The van der Waals surface area contributed by atoms with Gasteiger partial charge in [-0.05, 0) is 64.4 Å². The molecule has 226 valence electrons. The highest BCUT2D eigenvalue weighted by molar-refractivity contribution is 5.96. The number of likely N-dealkylation sites (tertiary alicyclic amines) is 2. The number of nitrogens with zero attached hydrogens (tertiary/aromatic N) is 4. The molecule has 1 aromatic heterocycles. The van der Waals surface area contributed by atoms with Crippen LogP contribution in [0.25, 0.3) is 0 Å². The van der Waals surface area contributed by atoms with Crippen molar-refractivity contribution < 1.29 is 24.2 Å². The van der Waals surface area contributed by atoms with Crippen LogP contribution in [0.5, 0.6) is 6.01 Å². The van der Waals surface area contributed by atoms with Gasteiger partial charge in [0.15, 0.2) is 0 Å². The Kier molecular flexibility index (Phi) is 8.82. The van der Waals surface area contributed by atoms with Crippen LogP contribution in [-0.4, -0.2) is 81.0 Å². The summed E-state index contributed by atoms with van der Waals surface area (Å²) in [6.07, 6.45) is 5.11. The number of ether oxygens (including phenoxy) is 1. The number of aryl methyl sites for hydroxylation is 2. The second-order valence-electron chi connectivity index (χ2n) is 12.7. The van der Waals surface area contributed by atoms with Crippen LogP contribution in [-0.2, 0) is 9.59 Å². The van der Waals surface area contributed by atoms with E-state index in [1.54, 1.807) is 13.8 Å². The molecule has 1 aliphatic carbocycles. The van der Waals surface area contributed by atoms with Crippen LogP contribution in [0.4, 0.5) is 0 Å². The normalized spacial score (nSPS) is 21.8. The molecule has 2 amide bonds. The standard InChI is InChI=1S/C32H43N5O5/c1-20-27(21(2)34-31(33-20)42-32(3,4)30(40)41)29(39)37-18-24-16-36(17-25(24)19-37)15-14-26(22-10-6-5-7-11-22)35-28(38)23-12-8-9-13-23/h5-7,10-11,23-26H,8-9,12-19H2,1-4H3,(H,35,38)(H,40,41). The molecule has 0 radical (unpaired) electrons. The Morgan fingerprint density at radius 3 is 2.17 bits per heavy atom. The third kappa shape index (κ3) is 6.59. The molecule has 1 saturated carbocycles. The van der Waals surface area contributed by atoms with E-state index in [0.717, 1.165) is 57.3 Å². The summed E-state index contributed by atoms with van der Waals surface area (Å²) in [4.78, 5) is 50.9. The Balaban J connectivity index is 1.17. The molecule has 5 rings (SSSR count). The fraction of sp³-hybridized carbons (Fsp3) is 0.594. The van der Waals surface area contributed by atoms with Crippen LogP contribution in [0, 0.1) is 31.6 Å². The molecule has 2 saturated heterocycles. The van der Waals surface area contributed by atoms with Gasteiger partial charge in [-0.1, -0.05) is 43.2 Å². The van der Waals surface area contributed by atoms with Crippen molar-refractivity contribution in [3.8, 4) is 6.01 Å². The number of hydrogen-bond acceptors (Lipinski definition) is 7. The lowest BCUT2D eigenvalue weighted by molar-refractivity contribution is -0.152. The maximum Gasteiger partial charge on any atom is 0.347 e. The van der Waals surface area contributed by atoms with E-state index in [1.807, 2.05) is 23.1 Å². The van der Waals surface area contributed by atoms with Crippen molar-refractivity contribution in [2.45, 2.75) is 71.4 Å². The number of rotatable bonds is 10. The smallest absolute Gasteiger partial charge is 0.347 e. The minimum atomic E-state index is -1.48. The number of carboxylic acid groups (broad SMARTS) is 1. The molecule has 3 unspecified atom stereocenters. The molecule has 0 spiro atoms. The Bertz CT molecular complexity index is 1270. The van der Waals surface area contributed by atoms with E-state index in [0.29, 0.717) is 41.9 Å². The van der Waals surface area contributed by atoms with Crippen LogP contribution >= 0.6 is 0 Å². The minimum absolute atomic E-state index is 0.00297. The predicted octanol–water partition coefficient (Wildman–Crippen LogP) is 3.78. The number of carbonyl (C=O) groups is 3. The van der Waals surface area contributed by atoms with Gasteiger partial charge >= 0.3 is 12.0 Å². The summed E-state index contributed by atoms with van der Waals surface area (Å²) < 4.78 is 5.50. The number of amides is 2. The molecule has 1 aromatic carbocycles. The molecule has 2 N–H and O–H groups in total. The van der Waals surface area contributed by atoms with Gasteiger partial charge in [0.05, 0.1) is 23.0 Å². The maximum atomic E-state index is 13.5. The predicted molar refractivity (Wildman–Crippen MR) is 157 cm³/mol. The Morgan fingerprint density at radius 1 is 1.00 bits per heavy atom. The van der Waals surface area contributed by atoms with Gasteiger partial charge in [0.2, 0.25) is 11.5 Å². The summed E-state index contributed by atoms with van der Waals surface area (Å²) in [7, 11) is 0. The molecule has 3 atom stereocenters. The highest BCUT2D eigenvalue weighted by atomic mass is 16.5. The topological polar surface area (TPSA) is 125 Å². The van der Waals surface area contributed by atoms with E-state index in [1.165, 1.54) is 13.8 Å². The number of aliphatic carboxylic acids is 1. The fourth-order valence-corrected chi connectivity index (χ4v) is 6.71. The lowest BCUT2D eigenvalue weighted by Crippen LogP contribution is -2.39. The van der Waals surface area contributed by atoms with E-state index in [2.05, 4.69) is 32.3 Å². The second-order valence-corrected chi connectivity index (χ2v) is 12.7. The van der Waals surface area contributed by atoms with Crippen LogP contribution in [0.1, 0.15) is 79.3 Å². The Labute approximate surface area is 247 Å². The van der Waals surface area contributed by atoms with E-state index in [4.69, 9.17) is 4.74 Å². The lowest BCUT2D eigenvalue weighted by Gasteiger charge is -2.26. The van der Waals surface area contributed by atoms with Crippen LogP contribution in [0.3, 0.4) is 0 Å². The number of nitrogens with one attached hydrogen (secondary N) is 1. The number of benzene rings is 1. The van der Waals surface area contributed by atoms with Gasteiger partial charge < -0.3 is 25.0 Å². The molecule has 0 bridgehead atoms. The highest BCUT2D eigenvalue weighted by Crippen LogP contribution is 2.34. The molecule has 3 heterocycles. The van der Waals surface area contributed by atoms with Gasteiger partial charge in [-0.2, -0.15) is 9.97 Å². The summed E-state index contributed by atoms with van der Waals surface area (Å²) in [6.45, 7) is 10.5. The van der Waals surface area contributed by atoms with E-state index in [-0.39, 0.29) is 29.8 Å². The summed E-state index contributed by atoms with van der Waals surface area (Å²) in [5.74, 6) is -0.0785. The summed E-state index contributed by atoms with van der Waals surface area (Å²) in [5.41, 5.74) is 1.08. The molecule has 3 aliphatic rings. The molecule has 2 aliphatic heterocycles. The zero-order valence-corrected chi connectivity index (χ0v) is 25.1. The first kappa shape index (κ1) is 29.9. The molecule has 3 fully saturated rings. The van der Waals surface area contributed by atoms with E-state index >= 15 is 0 Å². The van der Waals surface area contributed by atoms with Gasteiger partial charge in [-0.25, -0.2) is 4.79 Å². The SMILES string of the molecule is Cc1nc(OC(C)(C)C(=O)O)nc(C)c1C(=O)N1CC2CN(CCC(NC(=O)C3CCCC3)c3ccccc3)CC2C1. The van der Waals surface area contributed by atoms with Crippen LogP contribution in [0.15, 0.2) is 30.3 Å². The second kappa shape index (κ2) is 12.4. The zero-order valence-electron chi connectivity index (χ0n) is 25.1. The summed E-state index contributed by atoms with van der Waals surface area (Å²) >= 11 is 0. The minimum Gasteiger partial charge on any atom is -0.478 e. The van der Waals surface area contributed by atoms with Crippen molar-refractivity contribution in [1.82, 2.24) is 25.1 Å². The quantitative estimate of drug-likeness (QED) is 0.437. The number of hydrogen-bond donors (Lipinski definition) is 2. The van der Waals surface area contributed by atoms with E-state index < -0.39 is 11.6 Å². The van der Waals surface area contributed by atoms with Crippen molar-refractivity contribution in [3.63, 3.8) is 0 Å². The van der Waals surface area contributed by atoms with E-state index in [9.17, 15) is 19.5 Å². The number of fused-ring (bicyclic) bond motifs is 1. The van der Waals surface area contributed by atoms with Crippen molar-refractivity contribution in [2.75, 3.05) is 32.7 Å². The summed E-state index contributed by atoms with van der Waals surface area (Å²) in [6, 6.07) is 10.2. The van der Waals surface area contributed by atoms with Crippen LogP contribution in [0.2, 0.25) is 0 Å². The van der Waals surface area contributed by atoms with Crippen molar-refractivity contribution in [3.05, 3.63) is 52.8 Å². The monoisotopic (exact) mass is 577 g/mol. The first-order valence-corrected chi connectivity index (χ1v) is 15.2. The van der Waals surface area contributed by atoms with Gasteiger partial charge in [0, 0.05) is 38.6 Å². The average molecular weight is 578 g/mol. The van der Waals surface area contributed by atoms with Gasteiger partial charge in [-0.15, -0.1) is 0 Å². The number of carboxylic acids is 1. The molecule has 42 heavy (non-hydrogen) atoms. The van der Waals surface area contributed by atoms with Gasteiger partial charge in [0.1, 0.15) is 0 Å². The van der Waals surface area contributed by atoms with Crippen molar-refractivity contribution in [1.29, 1.82) is 0 Å². The molecule has 2 aromatic rings. The van der Waals surface area contributed by atoms with Crippen molar-refractivity contribution >= 4 is 17.8 Å². The first-order valence-electron chi connectivity index (χ1n) is 15.2. The zero-order chi connectivity index (χ0) is 30.0. The third-order valence-corrected chi connectivity index (χ3v) is 9.15. The maximum absolute atomic E-state index is 13.5. The molecule has 10 nitrogen and oxygen atoms in total. The molecule has 10 heteroatoms. The largest absolute Gasteiger partial charge is 0.478 e.